The lowest BCUT2D eigenvalue weighted by molar-refractivity contribution is 0.0598. The molecule has 0 radical (unpaired) electrons. The van der Waals surface area contributed by atoms with Gasteiger partial charge in [-0.05, 0) is 75.1 Å². The van der Waals surface area contributed by atoms with Crippen LogP contribution in [0.3, 0.4) is 0 Å². The fraction of sp³-hybridized carbons (Fsp3) is 0.476. The highest BCUT2D eigenvalue weighted by Crippen LogP contribution is 2.32. The Hall–Kier alpha value is -2.51. The van der Waals surface area contributed by atoms with Crippen molar-refractivity contribution in [2.24, 2.45) is 0 Å². The number of nitrogens with zero attached hydrogens (tertiary/aromatic N) is 3. The largest absolute Gasteiger partial charge is 0.465 e. The number of carbonyl (C=O) groups excluding carboxylic acids is 1. The van der Waals surface area contributed by atoms with Gasteiger partial charge in [0, 0.05) is 18.4 Å². The Morgan fingerprint density at radius 3 is 2.93 bits per heavy atom. The minimum atomic E-state index is -0.298. The van der Waals surface area contributed by atoms with Gasteiger partial charge in [0.2, 0.25) is 5.95 Å². The van der Waals surface area contributed by atoms with Gasteiger partial charge in [-0.25, -0.2) is 14.8 Å². The standard InChI is InChI=1S/C21H27N5O2/c1-26-9-6-14(7-10-26)17-4-3-16(11-18(17)20(27)28-2)24-21-23-12-15-5-8-22-13-19(15)25-21/h3-4,11-12,14,22H,5-10,13H2,1-2H3,(H,23,24,25). The van der Waals surface area contributed by atoms with Crippen molar-refractivity contribution in [2.75, 3.05) is 39.1 Å². The van der Waals surface area contributed by atoms with Crippen LogP contribution >= 0.6 is 0 Å². The molecule has 7 heteroatoms. The zero-order valence-electron chi connectivity index (χ0n) is 16.5. The van der Waals surface area contributed by atoms with E-state index >= 15 is 0 Å². The van der Waals surface area contributed by atoms with Crippen molar-refractivity contribution in [1.82, 2.24) is 20.2 Å². The van der Waals surface area contributed by atoms with E-state index in [1.54, 1.807) is 0 Å². The number of carbonyl (C=O) groups is 1. The maximum atomic E-state index is 12.4. The summed E-state index contributed by atoms with van der Waals surface area (Å²) in [6.07, 6.45) is 4.94. The average molecular weight is 381 g/mol. The van der Waals surface area contributed by atoms with Crippen LogP contribution in [-0.4, -0.2) is 54.6 Å². The smallest absolute Gasteiger partial charge is 0.338 e. The van der Waals surface area contributed by atoms with E-state index in [0.717, 1.165) is 62.4 Å². The summed E-state index contributed by atoms with van der Waals surface area (Å²) in [4.78, 5) is 23.8. The van der Waals surface area contributed by atoms with Crippen molar-refractivity contribution in [3.8, 4) is 0 Å². The molecule has 1 aromatic heterocycles. The zero-order valence-corrected chi connectivity index (χ0v) is 16.5. The lowest BCUT2D eigenvalue weighted by Crippen LogP contribution is -2.29. The van der Waals surface area contributed by atoms with Crippen molar-refractivity contribution in [2.45, 2.75) is 31.7 Å². The second-order valence-electron chi connectivity index (χ2n) is 7.59. The molecule has 1 fully saturated rings. The van der Waals surface area contributed by atoms with Crippen LogP contribution in [0.4, 0.5) is 11.6 Å². The molecule has 0 atom stereocenters. The summed E-state index contributed by atoms with van der Waals surface area (Å²) in [7, 11) is 3.57. The Balaban J connectivity index is 1.59. The van der Waals surface area contributed by atoms with Gasteiger partial charge in [0.1, 0.15) is 0 Å². The number of hydrogen-bond acceptors (Lipinski definition) is 7. The van der Waals surface area contributed by atoms with Crippen LogP contribution in [0.1, 0.15) is 45.9 Å². The van der Waals surface area contributed by atoms with Gasteiger partial charge in [-0.1, -0.05) is 6.07 Å². The number of methoxy groups -OCH3 is 1. The Labute approximate surface area is 165 Å². The first kappa shape index (κ1) is 18.8. The molecule has 1 aromatic carbocycles. The van der Waals surface area contributed by atoms with Crippen LogP contribution in [0.15, 0.2) is 24.4 Å². The van der Waals surface area contributed by atoms with Crippen molar-refractivity contribution in [1.29, 1.82) is 0 Å². The normalized spacial score (nSPS) is 17.8. The minimum Gasteiger partial charge on any atom is -0.465 e. The first-order valence-electron chi connectivity index (χ1n) is 9.87. The summed E-state index contributed by atoms with van der Waals surface area (Å²) in [6.45, 7) is 3.81. The average Bonchev–Trinajstić information content (AvgIpc) is 2.74. The van der Waals surface area contributed by atoms with Crippen molar-refractivity contribution >= 4 is 17.6 Å². The lowest BCUT2D eigenvalue weighted by Gasteiger charge is -2.30. The summed E-state index contributed by atoms with van der Waals surface area (Å²) in [6, 6.07) is 5.91. The number of aromatic nitrogens is 2. The molecule has 28 heavy (non-hydrogen) atoms. The van der Waals surface area contributed by atoms with Gasteiger partial charge in [-0.2, -0.15) is 0 Å². The third kappa shape index (κ3) is 4.00. The molecule has 2 aromatic rings. The molecule has 2 aliphatic heterocycles. The highest BCUT2D eigenvalue weighted by molar-refractivity contribution is 5.92. The molecule has 0 aliphatic carbocycles. The fourth-order valence-electron chi connectivity index (χ4n) is 4.02. The number of likely N-dealkylation sites (tertiary alicyclic amines) is 1. The van der Waals surface area contributed by atoms with Gasteiger partial charge in [0.25, 0.3) is 0 Å². The molecule has 0 bridgehead atoms. The van der Waals surface area contributed by atoms with E-state index in [1.807, 2.05) is 24.4 Å². The molecular weight excluding hydrogens is 354 g/mol. The molecule has 1 saturated heterocycles. The van der Waals surface area contributed by atoms with Gasteiger partial charge in [0.05, 0.1) is 18.4 Å². The van der Waals surface area contributed by atoms with Gasteiger partial charge < -0.3 is 20.3 Å². The minimum absolute atomic E-state index is 0.298. The number of piperidine rings is 1. The van der Waals surface area contributed by atoms with E-state index in [4.69, 9.17) is 4.74 Å². The highest BCUT2D eigenvalue weighted by atomic mass is 16.5. The maximum absolute atomic E-state index is 12.4. The number of esters is 1. The van der Waals surface area contributed by atoms with Crippen LogP contribution in [0.25, 0.3) is 0 Å². The van der Waals surface area contributed by atoms with Crippen LogP contribution in [0.2, 0.25) is 0 Å². The lowest BCUT2D eigenvalue weighted by atomic mass is 9.86. The molecule has 0 saturated carbocycles. The van der Waals surface area contributed by atoms with E-state index < -0.39 is 0 Å². The second kappa shape index (κ2) is 8.24. The molecule has 2 aliphatic rings. The quantitative estimate of drug-likeness (QED) is 0.788. The second-order valence-corrected chi connectivity index (χ2v) is 7.59. The number of fused-ring (bicyclic) bond motifs is 1. The van der Waals surface area contributed by atoms with E-state index in [2.05, 4.69) is 32.5 Å². The number of ether oxygens (including phenoxy) is 1. The summed E-state index contributed by atoms with van der Waals surface area (Å²) in [5.41, 5.74) is 4.71. The molecule has 7 nitrogen and oxygen atoms in total. The highest BCUT2D eigenvalue weighted by Gasteiger charge is 2.24. The van der Waals surface area contributed by atoms with Gasteiger partial charge in [0.15, 0.2) is 0 Å². The van der Waals surface area contributed by atoms with Crippen molar-refractivity contribution < 1.29 is 9.53 Å². The predicted molar refractivity (Wildman–Crippen MR) is 108 cm³/mol. The number of anilines is 2. The van der Waals surface area contributed by atoms with Gasteiger partial charge in [-0.15, -0.1) is 0 Å². The molecule has 4 rings (SSSR count). The third-order valence-corrected chi connectivity index (χ3v) is 5.69. The molecular formula is C21H27N5O2. The third-order valence-electron chi connectivity index (χ3n) is 5.69. The molecule has 0 spiro atoms. The number of hydrogen-bond donors (Lipinski definition) is 2. The molecule has 2 N–H and O–H groups in total. The SMILES string of the molecule is COC(=O)c1cc(Nc2ncc3c(n2)CNCC3)ccc1C1CCN(C)CC1. The summed E-state index contributed by atoms with van der Waals surface area (Å²) in [5, 5.41) is 6.57. The van der Waals surface area contributed by atoms with E-state index in [0.29, 0.717) is 17.4 Å². The first-order chi connectivity index (χ1) is 13.6. The molecule has 0 unspecified atom stereocenters. The predicted octanol–water partition coefficient (Wildman–Crippen LogP) is 2.46. The Morgan fingerprint density at radius 1 is 1.32 bits per heavy atom. The first-order valence-corrected chi connectivity index (χ1v) is 9.87. The molecule has 0 amide bonds. The Kier molecular flexibility index (Phi) is 5.54. The monoisotopic (exact) mass is 381 g/mol. The van der Waals surface area contributed by atoms with Crippen LogP contribution < -0.4 is 10.6 Å². The Bertz CT molecular complexity index is 862. The van der Waals surface area contributed by atoms with Crippen molar-refractivity contribution in [3.05, 3.63) is 46.8 Å². The summed E-state index contributed by atoms with van der Waals surface area (Å²) >= 11 is 0. The van der Waals surface area contributed by atoms with Crippen LogP contribution in [0, 0.1) is 0 Å². The summed E-state index contributed by atoms with van der Waals surface area (Å²) < 4.78 is 5.05. The molecule has 148 valence electrons. The number of rotatable bonds is 4. The maximum Gasteiger partial charge on any atom is 0.338 e. The van der Waals surface area contributed by atoms with E-state index in [-0.39, 0.29) is 5.97 Å². The summed E-state index contributed by atoms with van der Waals surface area (Å²) in [5.74, 6) is 0.629. The topological polar surface area (TPSA) is 79.4 Å². The fourth-order valence-corrected chi connectivity index (χ4v) is 4.02. The van der Waals surface area contributed by atoms with Gasteiger partial charge in [-0.3, -0.25) is 0 Å². The van der Waals surface area contributed by atoms with Gasteiger partial charge >= 0.3 is 5.97 Å². The van der Waals surface area contributed by atoms with Crippen molar-refractivity contribution in [3.63, 3.8) is 0 Å². The zero-order chi connectivity index (χ0) is 19.5. The Morgan fingerprint density at radius 2 is 2.14 bits per heavy atom. The molecule has 3 heterocycles. The van der Waals surface area contributed by atoms with E-state index in [1.165, 1.54) is 12.7 Å². The number of benzene rings is 1. The van der Waals surface area contributed by atoms with Crippen LogP contribution in [-0.2, 0) is 17.7 Å². The van der Waals surface area contributed by atoms with Crippen LogP contribution in [0.5, 0.6) is 0 Å². The number of nitrogens with one attached hydrogen (secondary N) is 2. The van der Waals surface area contributed by atoms with E-state index in [9.17, 15) is 4.79 Å².